The van der Waals surface area contributed by atoms with Gasteiger partial charge in [0.15, 0.2) is 11.5 Å². The highest BCUT2D eigenvalue weighted by atomic mass is 35.5. The van der Waals surface area contributed by atoms with E-state index in [2.05, 4.69) is 5.32 Å². The maximum absolute atomic E-state index is 11.8. The Morgan fingerprint density at radius 1 is 1.27 bits per heavy atom. The number of ether oxygens (including phenoxy) is 3. The molecule has 0 aliphatic rings. The van der Waals surface area contributed by atoms with Crippen molar-refractivity contribution in [2.24, 2.45) is 0 Å². The average Bonchev–Trinajstić information content (AvgIpc) is 2.41. The number of methoxy groups -OCH3 is 2. The number of carbonyl (C=O) groups excluding carboxylic acids is 2. The van der Waals surface area contributed by atoms with Gasteiger partial charge in [-0.05, 0) is 26.8 Å². The van der Waals surface area contributed by atoms with E-state index in [1.807, 2.05) is 0 Å². The minimum atomic E-state index is -0.975. The van der Waals surface area contributed by atoms with E-state index in [1.165, 1.54) is 20.3 Å². The van der Waals surface area contributed by atoms with Crippen LogP contribution in [-0.2, 0) is 9.53 Å². The molecule has 122 valence electrons. The van der Waals surface area contributed by atoms with E-state index in [9.17, 15) is 9.59 Å². The summed E-state index contributed by atoms with van der Waals surface area (Å²) in [7, 11) is 2.89. The molecule has 1 aromatic rings. The number of rotatable bonds is 5. The van der Waals surface area contributed by atoms with Crippen molar-refractivity contribution in [1.82, 2.24) is 5.32 Å². The van der Waals surface area contributed by atoms with Crippen molar-refractivity contribution in [3.63, 3.8) is 0 Å². The number of alkyl carbamates (subject to hydrolysis) is 1. The number of hydrogen-bond donors (Lipinski definition) is 1. The number of carbonyl (C=O) groups is 2. The Morgan fingerprint density at radius 2 is 1.91 bits per heavy atom. The molecule has 1 atom stereocenters. The third-order valence-corrected chi connectivity index (χ3v) is 2.83. The van der Waals surface area contributed by atoms with E-state index in [4.69, 9.17) is 25.8 Å². The Hall–Kier alpha value is -1.95. The van der Waals surface area contributed by atoms with E-state index < -0.39 is 17.7 Å². The van der Waals surface area contributed by atoms with Gasteiger partial charge in [0, 0.05) is 16.7 Å². The van der Waals surface area contributed by atoms with Crippen LogP contribution in [0.4, 0.5) is 4.79 Å². The molecular weight excluding hydrogens is 310 g/mol. The normalized spacial score (nSPS) is 12.3. The van der Waals surface area contributed by atoms with Gasteiger partial charge in [0.25, 0.3) is 0 Å². The highest BCUT2D eigenvalue weighted by Gasteiger charge is 2.24. The predicted octanol–water partition coefficient (Wildman–Crippen LogP) is 3.12. The quantitative estimate of drug-likeness (QED) is 0.840. The molecule has 0 aromatic heterocycles. The standard InChI is InChI=1S/C15H20ClNO5/c1-15(2,3)22-14(19)17-11(8-18)10-6-9(16)7-12(20-4)13(10)21-5/h6-8,11H,1-5H3,(H,17,19). The zero-order valence-corrected chi connectivity index (χ0v) is 14.0. The Bertz CT molecular complexity index is 554. The number of aldehydes is 1. The molecule has 1 rings (SSSR count). The van der Waals surface area contributed by atoms with Crippen LogP contribution in [0.2, 0.25) is 5.02 Å². The molecule has 0 aliphatic heterocycles. The molecule has 0 radical (unpaired) electrons. The van der Waals surface area contributed by atoms with Gasteiger partial charge in [-0.3, -0.25) is 0 Å². The number of amides is 1. The van der Waals surface area contributed by atoms with E-state index in [-0.39, 0.29) is 0 Å². The lowest BCUT2D eigenvalue weighted by molar-refractivity contribution is -0.109. The van der Waals surface area contributed by atoms with Crippen molar-refractivity contribution in [3.05, 3.63) is 22.7 Å². The van der Waals surface area contributed by atoms with Gasteiger partial charge in [-0.2, -0.15) is 0 Å². The molecule has 1 N–H and O–H groups in total. The number of halogens is 1. The third kappa shape index (κ3) is 4.80. The molecule has 0 saturated carbocycles. The van der Waals surface area contributed by atoms with Gasteiger partial charge in [-0.25, -0.2) is 4.79 Å². The monoisotopic (exact) mass is 329 g/mol. The summed E-state index contributed by atoms with van der Waals surface area (Å²) in [4.78, 5) is 23.2. The van der Waals surface area contributed by atoms with E-state index in [0.717, 1.165) is 0 Å². The second kappa shape index (κ2) is 7.35. The van der Waals surface area contributed by atoms with Crippen LogP contribution >= 0.6 is 11.6 Å². The summed E-state index contributed by atoms with van der Waals surface area (Å²) >= 11 is 6.01. The van der Waals surface area contributed by atoms with Gasteiger partial charge in [0.05, 0.1) is 14.2 Å². The first-order chi connectivity index (χ1) is 10.2. The van der Waals surface area contributed by atoms with Gasteiger partial charge < -0.3 is 24.3 Å². The summed E-state index contributed by atoms with van der Waals surface area (Å²) < 4.78 is 15.6. The van der Waals surface area contributed by atoms with Crippen LogP contribution in [0.1, 0.15) is 32.4 Å². The molecule has 22 heavy (non-hydrogen) atoms. The molecule has 7 heteroatoms. The molecule has 6 nitrogen and oxygen atoms in total. The second-order valence-corrected chi connectivity index (χ2v) is 5.93. The van der Waals surface area contributed by atoms with Crippen LogP contribution in [0.25, 0.3) is 0 Å². The highest BCUT2D eigenvalue weighted by Crippen LogP contribution is 2.37. The summed E-state index contributed by atoms with van der Waals surface area (Å²) in [6.45, 7) is 5.18. The molecular formula is C15H20ClNO5. The zero-order valence-electron chi connectivity index (χ0n) is 13.2. The topological polar surface area (TPSA) is 73.9 Å². The smallest absolute Gasteiger partial charge is 0.408 e. The molecule has 0 fully saturated rings. The molecule has 0 heterocycles. The van der Waals surface area contributed by atoms with Crippen molar-refractivity contribution in [2.45, 2.75) is 32.4 Å². The van der Waals surface area contributed by atoms with Gasteiger partial charge in [0.2, 0.25) is 0 Å². The molecule has 0 saturated heterocycles. The summed E-state index contributed by atoms with van der Waals surface area (Å²) in [6.07, 6.45) is -0.150. The minimum Gasteiger partial charge on any atom is -0.493 e. The van der Waals surface area contributed by atoms with Crippen molar-refractivity contribution < 1.29 is 23.8 Å². The molecule has 0 aliphatic carbocycles. The van der Waals surface area contributed by atoms with E-state index in [1.54, 1.807) is 26.8 Å². The zero-order chi connectivity index (χ0) is 16.9. The van der Waals surface area contributed by atoms with E-state index >= 15 is 0 Å². The lowest BCUT2D eigenvalue weighted by atomic mass is 10.1. The summed E-state index contributed by atoms with van der Waals surface area (Å²) in [5.74, 6) is 0.683. The number of hydrogen-bond acceptors (Lipinski definition) is 5. The Balaban J connectivity index is 3.12. The van der Waals surface area contributed by atoms with Gasteiger partial charge in [-0.15, -0.1) is 0 Å². The molecule has 0 spiro atoms. The minimum absolute atomic E-state index is 0.319. The predicted molar refractivity (Wildman–Crippen MR) is 82.7 cm³/mol. The first-order valence-electron chi connectivity index (χ1n) is 6.58. The fourth-order valence-corrected chi connectivity index (χ4v) is 2.03. The SMILES string of the molecule is COc1cc(Cl)cc(C(C=O)NC(=O)OC(C)(C)C)c1OC. The van der Waals surface area contributed by atoms with Gasteiger partial charge in [-0.1, -0.05) is 11.6 Å². The van der Waals surface area contributed by atoms with Crippen LogP contribution in [0.3, 0.4) is 0 Å². The van der Waals surface area contributed by atoms with Crippen LogP contribution in [0.15, 0.2) is 12.1 Å². The number of nitrogens with one attached hydrogen (secondary N) is 1. The fourth-order valence-electron chi connectivity index (χ4n) is 1.81. The average molecular weight is 330 g/mol. The van der Waals surface area contributed by atoms with Crippen molar-refractivity contribution >= 4 is 24.0 Å². The van der Waals surface area contributed by atoms with Crippen LogP contribution < -0.4 is 14.8 Å². The first kappa shape index (κ1) is 18.1. The second-order valence-electron chi connectivity index (χ2n) is 5.49. The maximum Gasteiger partial charge on any atom is 0.408 e. The van der Waals surface area contributed by atoms with E-state index in [0.29, 0.717) is 28.4 Å². The Kier molecular flexibility index (Phi) is 6.05. The summed E-state index contributed by atoms with van der Waals surface area (Å²) in [6, 6.07) is 2.11. The van der Waals surface area contributed by atoms with Crippen LogP contribution in [0, 0.1) is 0 Å². The maximum atomic E-state index is 11.8. The Labute approximate surface area is 134 Å². The van der Waals surface area contributed by atoms with Gasteiger partial charge in [0.1, 0.15) is 17.9 Å². The van der Waals surface area contributed by atoms with Gasteiger partial charge >= 0.3 is 6.09 Å². The lowest BCUT2D eigenvalue weighted by Crippen LogP contribution is -2.35. The van der Waals surface area contributed by atoms with Crippen LogP contribution in [-0.4, -0.2) is 32.2 Å². The highest BCUT2D eigenvalue weighted by molar-refractivity contribution is 6.30. The largest absolute Gasteiger partial charge is 0.493 e. The first-order valence-corrected chi connectivity index (χ1v) is 6.96. The summed E-state index contributed by atoms with van der Waals surface area (Å²) in [5.41, 5.74) is -0.291. The molecule has 1 amide bonds. The Morgan fingerprint density at radius 3 is 2.36 bits per heavy atom. The number of benzene rings is 1. The molecule has 1 unspecified atom stereocenters. The van der Waals surface area contributed by atoms with Crippen molar-refractivity contribution in [2.75, 3.05) is 14.2 Å². The van der Waals surface area contributed by atoms with Crippen molar-refractivity contribution in [3.8, 4) is 11.5 Å². The molecule has 0 bridgehead atoms. The van der Waals surface area contributed by atoms with Crippen molar-refractivity contribution in [1.29, 1.82) is 0 Å². The summed E-state index contributed by atoms with van der Waals surface area (Å²) in [5, 5.41) is 2.82. The fraction of sp³-hybridized carbons (Fsp3) is 0.467. The van der Waals surface area contributed by atoms with Crippen LogP contribution in [0.5, 0.6) is 11.5 Å². The third-order valence-electron chi connectivity index (χ3n) is 2.62. The lowest BCUT2D eigenvalue weighted by Gasteiger charge is -2.23. The molecule has 1 aromatic carbocycles.